The van der Waals surface area contributed by atoms with Gasteiger partial charge in [0, 0.05) is 38.8 Å². The van der Waals surface area contributed by atoms with Gasteiger partial charge in [-0.1, -0.05) is 13.8 Å². The largest absolute Gasteiger partial charge is 0.311 e. The van der Waals surface area contributed by atoms with Gasteiger partial charge in [0.15, 0.2) is 0 Å². The Hall–Kier alpha value is -0.170. The van der Waals surface area contributed by atoms with Crippen molar-refractivity contribution in [1.29, 1.82) is 0 Å². The lowest BCUT2D eigenvalue weighted by Crippen LogP contribution is -2.66. The fourth-order valence-corrected chi connectivity index (χ4v) is 3.44. The Morgan fingerprint density at radius 1 is 1.35 bits per heavy atom. The molecule has 0 saturated carbocycles. The molecule has 1 unspecified atom stereocenters. The van der Waals surface area contributed by atoms with Crippen molar-refractivity contribution in [2.24, 2.45) is 5.92 Å². The molecule has 1 aliphatic rings. The minimum atomic E-state index is -3.35. The summed E-state index contributed by atoms with van der Waals surface area (Å²) in [5.41, 5.74) is -0.380. The molecule has 17 heavy (non-hydrogen) atoms. The molecule has 5 nitrogen and oxygen atoms in total. The van der Waals surface area contributed by atoms with E-state index in [1.165, 1.54) is 4.31 Å². The minimum Gasteiger partial charge on any atom is -0.311 e. The molecule has 1 fully saturated rings. The van der Waals surface area contributed by atoms with Crippen LogP contribution in [0, 0.1) is 5.92 Å². The molecule has 0 bridgehead atoms. The number of piperazine rings is 1. The van der Waals surface area contributed by atoms with Crippen LogP contribution in [0.1, 0.15) is 27.7 Å². The molecule has 6 heteroatoms. The summed E-state index contributed by atoms with van der Waals surface area (Å²) in [5, 5.41) is 3.43. The monoisotopic (exact) mass is 263 g/mol. The van der Waals surface area contributed by atoms with E-state index >= 15 is 0 Å². The van der Waals surface area contributed by atoms with Crippen LogP contribution in [0.15, 0.2) is 0 Å². The van der Waals surface area contributed by atoms with Crippen LogP contribution in [0.4, 0.5) is 0 Å². The third-order valence-electron chi connectivity index (χ3n) is 3.38. The van der Waals surface area contributed by atoms with Crippen molar-refractivity contribution in [2.45, 2.75) is 39.3 Å². The van der Waals surface area contributed by atoms with Crippen LogP contribution in [0.5, 0.6) is 0 Å². The Bertz CT molecular complexity index is 363. The van der Waals surface area contributed by atoms with E-state index in [9.17, 15) is 8.42 Å². The number of hydrogen-bond acceptors (Lipinski definition) is 3. The van der Waals surface area contributed by atoms with Gasteiger partial charge in [-0.25, -0.2) is 0 Å². The van der Waals surface area contributed by atoms with E-state index in [0.29, 0.717) is 19.0 Å². The fraction of sp³-hybridized carbons (Fsp3) is 1.00. The Balaban J connectivity index is 3.01. The van der Waals surface area contributed by atoms with E-state index in [2.05, 4.69) is 19.2 Å². The molecule has 0 aromatic rings. The summed E-state index contributed by atoms with van der Waals surface area (Å²) in [7, 11) is -0.185. The van der Waals surface area contributed by atoms with Gasteiger partial charge in [0.05, 0.1) is 0 Å². The van der Waals surface area contributed by atoms with Gasteiger partial charge in [0.2, 0.25) is 0 Å². The molecule has 1 atom stereocenters. The zero-order valence-electron chi connectivity index (χ0n) is 11.7. The topological polar surface area (TPSA) is 52.7 Å². The molecule has 1 aliphatic heterocycles. The first-order valence-corrected chi connectivity index (χ1v) is 7.42. The number of rotatable bonds is 3. The van der Waals surface area contributed by atoms with E-state index in [4.69, 9.17) is 0 Å². The predicted octanol–water partition coefficient (Wildman–Crippen LogP) is 0.501. The molecule has 1 rings (SSSR count). The Morgan fingerprint density at radius 2 is 1.88 bits per heavy atom. The first-order valence-electron chi connectivity index (χ1n) is 6.02. The molecule has 0 spiro atoms. The van der Waals surface area contributed by atoms with Crippen molar-refractivity contribution >= 4 is 10.2 Å². The SMILES string of the molecule is CC(C)C1CN(S(=O)(=O)N(C)C)C(C)(C)CN1. The lowest BCUT2D eigenvalue weighted by molar-refractivity contribution is 0.128. The highest BCUT2D eigenvalue weighted by molar-refractivity contribution is 7.86. The highest BCUT2D eigenvalue weighted by Crippen LogP contribution is 2.25. The van der Waals surface area contributed by atoms with E-state index in [1.54, 1.807) is 18.4 Å². The summed E-state index contributed by atoms with van der Waals surface area (Å²) in [4.78, 5) is 0. The van der Waals surface area contributed by atoms with E-state index in [0.717, 1.165) is 0 Å². The number of nitrogens with zero attached hydrogens (tertiary/aromatic N) is 2. The average molecular weight is 263 g/mol. The molecule has 0 aliphatic carbocycles. The van der Waals surface area contributed by atoms with Gasteiger partial charge in [0.1, 0.15) is 0 Å². The third kappa shape index (κ3) is 2.99. The summed E-state index contributed by atoms with van der Waals surface area (Å²) >= 11 is 0. The van der Waals surface area contributed by atoms with Gasteiger partial charge in [-0.05, 0) is 19.8 Å². The molecule has 1 N–H and O–H groups in total. The second-order valence-electron chi connectivity index (χ2n) is 5.87. The zero-order valence-corrected chi connectivity index (χ0v) is 12.5. The molecule has 0 amide bonds. The summed E-state index contributed by atoms with van der Waals surface area (Å²) < 4.78 is 27.5. The molecule has 1 saturated heterocycles. The van der Waals surface area contributed by atoms with E-state index in [1.807, 2.05) is 13.8 Å². The van der Waals surface area contributed by atoms with Crippen LogP contribution >= 0.6 is 0 Å². The summed E-state index contributed by atoms with van der Waals surface area (Å²) in [6, 6.07) is 0.220. The second-order valence-corrected chi connectivity index (χ2v) is 7.93. The maximum absolute atomic E-state index is 12.3. The van der Waals surface area contributed by atoms with Crippen LogP contribution in [-0.4, -0.2) is 55.8 Å². The Morgan fingerprint density at radius 3 is 2.29 bits per heavy atom. The van der Waals surface area contributed by atoms with Crippen molar-refractivity contribution in [3.05, 3.63) is 0 Å². The predicted molar refractivity (Wildman–Crippen MR) is 70.0 cm³/mol. The van der Waals surface area contributed by atoms with Crippen LogP contribution in [-0.2, 0) is 10.2 Å². The first kappa shape index (κ1) is 14.9. The van der Waals surface area contributed by atoms with Gasteiger partial charge in [-0.2, -0.15) is 17.0 Å². The molecule has 0 radical (unpaired) electrons. The normalized spacial score (nSPS) is 26.7. The summed E-state index contributed by atoms with van der Waals surface area (Å²) in [5.74, 6) is 0.422. The second kappa shape index (κ2) is 4.84. The average Bonchev–Trinajstić information content (AvgIpc) is 2.15. The van der Waals surface area contributed by atoms with Crippen LogP contribution in [0.3, 0.4) is 0 Å². The maximum Gasteiger partial charge on any atom is 0.282 e. The summed E-state index contributed by atoms with van der Waals surface area (Å²) in [6.45, 7) is 9.34. The smallest absolute Gasteiger partial charge is 0.282 e. The number of hydrogen-bond donors (Lipinski definition) is 1. The standard InChI is InChI=1S/C11H25N3O2S/c1-9(2)10-7-14(11(3,4)8-12-10)17(15,16)13(5)6/h9-10,12H,7-8H2,1-6H3. The maximum atomic E-state index is 12.3. The van der Waals surface area contributed by atoms with Gasteiger partial charge < -0.3 is 5.32 Å². The first-order chi connectivity index (χ1) is 7.59. The van der Waals surface area contributed by atoms with Crippen LogP contribution in [0.25, 0.3) is 0 Å². The molecule has 0 aromatic heterocycles. The van der Waals surface area contributed by atoms with E-state index < -0.39 is 10.2 Å². The van der Waals surface area contributed by atoms with Crippen molar-refractivity contribution in [2.75, 3.05) is 27.2 Å². The van der Waals surface area contributed by atoms with Crippen molar-refractivity contribution < 1.29 is 8.42 Å². The lowest BCUT2D eigenvalue weighted by atomic mass is 9.96. The highest BCUT2D eigenvalue weighted by atomic mass is 32.2. The summed E-state index contributed by atoms with van der Waals surface area (Å²) in [6.07, 6.45) is 0. The Kier molecular flexibility index (Phi) is 4.24. The quantitative estimate of drug-likeness (QED) is 0.807. The van der Waals surface area contributed by atoms with Crippen molar-refractivity contribution in [3.63, 3.8) is 0 Å². The molecule has 1 heterocycles. The highest BCUT2D eigenvalue weighted by Gasteiger charge is 2.42. The molecule has 102 valence electrons. The van der Waals surface area contributed by atoms with Gasteiger partial charge in [-0.3, -0.25) is 0 Å². The molecular weight excluding hydrogens is 238 g/mol. The molecule has 0 aromatic carbocycles. The molecular formula is C11H25N3O2S. The minimum absolute atomic E-state index is 0.220. The number of nitrogens with one attached hydrogen (secondary N) is 1. The van der Waals surface area contributed by atoms with Crippen LogP contribution in [0.2, 0.25) is 0 Å². The van der Waals surface area contributed by atoms with E-state index in [-0.39, 0.29) is 11.6 Å². The zero-order chi connectivity index (χ0) is 13.4. The van der Waals surface area contributed by atoms with Gasteiger partial charge in [0.25, 0.3) is 10.2 Å². The van der Waals surface area contributed by atoms with Crippen LogP contribution < -0.4 is 5.32 Å². The van der Waals surface area contributed by atoms with Gasteiger partial charge >= 0.3 is 0 Å². The Labute approximate surface area is 105 Å². The van der Waals surface area contributed by atoms with Gasteiger partial charge in [-0.15, -0.1) is 0 Å². The lowest BCUT2D eigenvalue weighted by Gasteiger charge is -2.46. The van der Waals surface area contributed by atoms with Crippen molar-refractivity contribution in [3.8, 4) is 0 Å². The fourth-order valence-electron chi connectivity index (χ4n) is 2.01. The third-order valence-corrected chi connectivity index (χ3v) is 5.50. The van der Waals surface area contributed by atoms with Crippen molar-refractivity contribution in [1.82, 2.24) is 13.9 Å².